The van der Waals surface area contributed by atoms with Crippen LogP contribution in [-0.4, -0.2) is 34.1 Å². The lowest BCUT2D eigenvalue weighted by Gasteiger charge is -2.44. The third-order valence-electron chi connectivity index (χ3n) is 5.45. The first-order valence-corrected chi connectivity index (χ1v) is 9.76. The van der Waals surface area contributed by atoms with Crippen molar-refractivity contribution in [1.82, 2.24) is 15.1 Å². The average Bonchev–Trinajstić information content (AvgIpc) is 2.79. The molecule has 0 saturated carbocycles. The van der Waals surface area contributed by atoms with E-state index in [1.54, 1.807) is 43.3 Å². The standard InChI is InChI=1S/C24H18F2N4O2/c1-24(20-9-6-12-27-28-20)15-21(31)30(23(32)29(24)2)22-18(25)13-17(14-19(22)26)11-10-16-7-4-3-5-8-16/h3-9,12-14H,15H2,1-2H3. The molecule has 0 spiro atoms. The number of anilines is 1. The highest BCUT2D eigenvalue weighted by atomic mass is 19.1. The summed E-state index contributed by atoms with van der Waals surface area (Å²) in [5, 5.41) is 7.80. The number of hydrogen-bond donors (Lipinski definition) is 0. The van der Waals surface area contributed by atoms with E-state index in [4.69, 9.17) is 0 Å². The Morgan fingerprint density at radius 2 is 1.62 bits per heavy atom. The van der Waals surface area contributed by atoms with Gasteiger partial charge in [0.1, 0.15) is 5.69 Å². The molecule has 1 atom stereocenters. The van der Waals surface area contributed by atoms with Gasteiger partial charge < -0.3 is 4.90 Å². The van der Waals surface area contributed by atoms with E-state index in [9.17, 15) is 18.4 Å². The van der Waals surface area contributed by atoms with Gasteiger partial charge in [-0.15, -0.1) is 0 Å². The van der Waals surface area contributed by atoms with Crippen molar-refractivity contribution in [3.63, 3.8) is 0 Å². The van der Waals surface area contributed by atoms with Crippen LogP contribution < -0.4 is 4.90 Å². The van der Waals surface area contributed by atoms with E-state index in [-0.39, 0.29) is 12.0 Å². The summed E-state index contributed by atoms with van der Waals surface area (Å²) in [6.45, 7) is 1.65. The first kappa shape index (κ1) is 21.1. The van der Waals surface area contributed by atoms with E-state index in [0.717, 1.165) is 12.1 Å². The van der Waals surface area contributed by atoms with E-state index < -0.39 is 34.8 Å². The van der Waals surface area contributed by atoms with Crippen LogP contribution in [0.15, 0.2) is 60.8 Å². The van der Waals surface area contributed by atoms with Crippen molar-refractivity contribution in [2.75, 3.05) is 11.9 Å². The number of hydrogen-bond acceptors (Lipinski definition) is 4. The lowest BCUT2D eigenvalue weighted by Crippen LogP contribution is -2.60. The fourth-order valence-electron chi connectivity index (χ4n) is 3.55. The zero-order chi connectivity index (χ0) is 22.9. The maximum atomic E-state index is 14.9. The number of imide groups is 1. The van der Waals surface area contributed by atoms with Crippen LogP contribution in [0.4, 0.5) is 19.3 Å². The molecule has 3 aromatic rings. The van der Waals surface area contributed by atoms with Crippen LogP contribution in [0.1, 0.15) is 30.2 Å². The van der Waals surface area contributed by atoms with Gasteiger partial charge in [-0.1, -0.05) is 30.0 Å². The highest BCUT2D eigenvalue weighted by Crippen LogP contribution is 2.38. The molecule has 4 rings (SSSR count). The van der Waals surface area contributed by atoms with Gasteiger partial charge in [0.2, 0.25) is 5.91 Å². The number of rotatable bonds is 2. The molecule has 1 aliphatic heterocycles. The number of halogens is 2. The minimum absolute atomic E-state index is 0.0854. The van der Waals surface area contributed by atoms with Gasteiger partial charge in [0.15, 0.2) is 11.6 Å². The Bertz CT molecular complexity index is 1230. The zero-order valence-electron chi connectivity index (χ0n) is 17.3. The lowest BCUT2D eigenvalue weighted by molar-refractivity contribution is -0.122. The van der Waals surface area contributed by atoms with Crippen molar-refractivity contribution in [3.8, 4) is 11.8 Å². The molecular formula is C24H18F2N4O2. The summed E-state index contributed by atoms with van der Waals surface area (Å²) >= 11 is 0. The molecule has 0 radical (unpaired) electrons. The predicted molar refractivity (Wildman–Crippen MR) is 113 cm³/mol. The van der Waals surface area contributed by atoms with Crippen LogP contribution in [-0.2, 0) is 10.3 Å². The highest BCUT2D eigenvalue weighted by molar-refractivity contribution is 6.16. The number of aromatic nitrogens is 2. The maximum absolute atomic E-state index is 14.9. The van der Waals surface area contributed by atoms with Gasteiger partial charge in [0, 0.05) is 24.4 Å². The van der Waals surface area contributed by atoms with Crippen LogP contribution in [0.5, 0.6) is 0 Å². The Kier molecular flexibility index (Phi) is 5.41. The molecule has 32 heavy (non-hydrogen) atoms. The molecule has 3 amide bonds. The topological polar surface area (TPSA) is 66.4 Å². The number of benzene rings is 2. The first-order valence-electron chi connectivity index (χ1n) is 9.76. The molecular weight excluding hydrogens is 414 g/mol. The summed E-state index contributed by atoms with van der Waals surface area (Å²) in [4.78, 5) is 27.7. The third kappa shape index (κ3) is 3.69. The highest BCUT2D eigenvalue weighted by Gasteiger charge is 2.48. The Morgan fingerprint density at radius 3 is 2.25 bits per heavy atom. The molecule has 0 bridgehead atoms. The van der Waals surface area contributed by atoms with Crippen molar-refractivity contribution in [3.05, 3.63) is 89.2 Å². The fourth-order valence-corrected chi connectivity index (χ4v) is 3.55. The molecule has 2 aromatic carbocycles. The summed E-state index contributed by atoms with van der Waals surface area (Å²) in [6, 6.07) is 13.4. The normalized spacial score (nSPS) is 18.4. The summed E-state index contributed by atoms with van der Waals surface area (Å²) in [5.41, 5.74) is -0.659. The summed E-state index contributed by atoms with van der Waals surface area (Å²) in [7, 11) is 1.45. The molecule has 1 fully saturated rings. The molecule has 0 N–H and O–H groups in total. The number of carbonyl (C=O) groups is 2. The Labute approximate surface area is 183 Å². The molecule has 2 heterocycles. The monoisotopic (exact) mass is 432 g/mol. The fraction of sp³-hybridized carbons (Fsp3) is 0.167. The smallest absolute Gasteiger partial charge is 0.315 e. The van der Waals surface area contributed by atoms with Gasteiger partial charge in [0.05, 0.1) is 17.7 Å². The number of nitrogens with zero attached hydrogens (tertiary/aromatic N) is 4. The van der Waals surface area contributed by atoms with E-state index >= 15 is 0 Å². The van der Waals surface area contributed by atoms with Gasteiger partial charge >= 0.3 is 6.03 Å². The Hall–Kier alpha value is -4.12. The summed E-state index contributed by atoms with van der Waals surface area (Å²) in [5.74, 6) is 2.65. The minimum Gasteiger partial charge on any atom is -0.315 e. The second kappa shape index (κ2) is 8.19. The van der Waals surface area contributed by atoms with Gasteiger partial charge in [-0.25, -0.2) is 18.5 Å². The van der Waals surface area contributed by atoms with Crippen molar-refractivity contribution in [2.24, 2.45) is 0 Å². The van der Waals surface area contributed by atoms with Gasteiger partial charge in [-0.05, 0) is 43.3 Å². The second-order valence-electron chi connectivity index (χ2n) is 7.53. The van der Waals surface area contributed by atoms with E-state index in [2.05, 4.69) is 22.0 Å². The zero-order valence-corrected chi connectivity index (χ0v) is 17.3. The molecule has 6 nitrogen and oxygen atoms in total. The summed E-state index contributed by atoms with van der Waals surface area (Å²) < 4.78 is 29.8. The van der Waals surface area contributed by atoms with Crippen LogP contribution >= 0.6 is 0 Å². The predicted octanol–water partition coefficient (Wildman–Crippen LogP) is 3.86. The lowest BCUT2D eigenvalue weighted by atomic mass is 9.88. The van der Waals surface area contributed by atoms with Gasteiger partial charge in [-0.2, -0.15) is 10.2 Å². The van der Waals surface area contributed by atoms with E-state index in [1.165, 1.54) is 18.1 Å². The van der Waals surface area contributed by atoms with Crippen LogP contribution in [0, 0.1) is 23.5 Å². The quantitative estimate of drug-likeness (QED) is 0.577. The number of urea groups is 1. The maximum Gasteiger partial charge on any atom is 0.332 e. The van der Waals surface area contributed by atoms with Crippen molar-refractivity contribution in [2.45, 2.75) is 18.9 Å². The van der Waals surface area contributed by atoms with Crippen molar-refractivity contribution >= 4 is 17.6 Å². The Morgan fingerprint density at radius 1 is 0.969 bits per heavy atom. The van der Waals surface area contributed by atoms with Crippen molar-refractivity contribution in [1.29, 1.82) is 0 Å². The molecule has 1 aromatic heterocycles. The van der Waals surface area contributed by atoms with Crippen molar-refractivity contribution < 1.29 is 18.4 Å². The van der Waals surface area contributed by atoms with E-state index in [0.29, 0.717) is 16.2 Å². The SMILES string of the molecule is CN1C(=O)N(c2c(F)cc(C#Cc3ccccc3)cc2F)C(=O)CC1(C)c1cccnn1. The molecule has 0 aliphatic carbocycles. The first-order chi connectivity index (χ1) is 15.3. The third-order valence-corrected chi connectivity index (χ3v) is 5.45. The molecule has 160 valence electrons. The second-order valence-corrected chi connectivity index (χ2v) is 7.53. The number of carbonyl (C=O) groups excluding carboxylic acids is 2. The molecule has 1 saturated heterocycles. The van der Waals surface area contributed by atoms with E-state index in [1.807, 2.05) is 6.07 Å². The minimum atomic E-state index is -1.10. The van der Waals surface area contributed by atoms with Gasteiger partial charge in [-0.3, -0.25) is 4.79 Å². The summed E-state index contributed by atoms with van der Waals surface area (Å²) in [6.07, 6.45) is 1.25. The average molecular weight is 432 g/mol. The van der Waals surface area contributed by atoms with Crippen LogP contribution in [0.3, 0.4) is 0 Å². The van der Waals surface area contributed by atoms with Crippen LogP contribution in [0.2, 0.25) is 0 Å². The molecule has 8 heteroatoms. The van der Waals surface area contributed by atoms with Gasteiger partial charge in [0.25, 0.3) is 0 Å². The largest absolute Gasteiger partial charge is 0.332 e. The number of amides is 3. The van der Waals surface area contributed by atoms with Crippen LogP contribution in [0.25, 0.3) is 0 Å². The molecule has 1 aliphatic rings. The molecule has 1 unspecified atom stereocenters. The Balaban J connectivity index is 1.68.